The van der Waals surface area contributed by atoms with Crippen LogP contribution in [0.25, 0.3) is 22.3 Å². The number of halogens is 2. The molecule has 0 saturated heterocycles. The minimum atomic E-state index is -0.872. The molecule has 0 bridgehead atoms. The molecule has 2 N–H and O–H groups in total. The monoisotopic (exact) mass is 305 g/mol. The second-order valence-electron chi connectivity index (χ2n) is 4.95. The Morgan fingerprint density at radius 1 is 1.36 bits per heavy atom. The fraction of sp³-hybridized carbons (Fsp3) is 0.200. The molecule has 0 aliphatic rings. The van der Waals surface area contributed by atoms with Crippen LogP contribution in [0.2, 0.25) is 0 Å². The summed E-state index contributed by atoms with van der Waals surface area (Å²) in [6.45, 7) is 1.84. The van der Waals surface area contributed by atoms with E-state index >= 15 is 0 Å². The van der Waals surface area contributed by atoms with Crippen molar-refractivity contribution in [1.82, 2.24) is 14.8 Å². The molecule has 0 spiro atoms. The van der Waals surface area contributed by atoms with E-state index in [0.29, 0.717) is 23.8 Å². The van der Waals surface area contributed by atoms with Gasteiger partial charge in [-0.2, -0.15) is 5.10 Å². The third-order valence-electron chi connectivity index (χ3n) is 3.58. The van der Waals surface area contributed by atoms with Gasteiger partial charge >= 0.3 is 0 Å². The number of pyridine rings is 1. The summed E-state index contributed by atoms with van der Waals surface area (Å²) in [6, 6.07) is 2.91. The first-order chi connectivity index (χ1) is 10.4. The fourth-order valence-corrected chi connectivity index (χ4v) is 2.51. The highest BCUT2D eigenvalue weighted by molar-refractivity contribution is 5.84. The molecule has 0 fully saturated rings. The van der Waals surface area contributed by atoms with Crippen molar-refractivity contribution >= 4 is 11.0 Å². The van der Waals surface area contributed by atoms with Crippen LogP contribution in [0.15, 0.2) is 23.0 Å². The van der Waals surface area contributed by atoms with Gasteiger partial charge in [0.2, 0.25) is 5.43 Å². The Kier molecular flexibility index (Phi) is 3.20. The van der Waals surface area contributed by atoms with E-state index in [1.54, 1.807) is 7.05 Å². The van der Waals surface area contributed by atoms with E-state index in [1.807, 2.05) is 6.92 Å². The summed E-state index contributed by atoms with van der Waals surface area (Å²) in [5.41, 5.74) is 0.105. The van der Waals surface area contributed by atoms with Gasteiger partial charge in [0.25, 0.3) is 0 Å². The Labute approximate surface area is 123 Å². The third kappa shape index (κ3) is 1.97. The first-order valence-corrected chi connectivity index (χ1v) is 6.70. The summed E-state index contributed by atoms with van der Waals surface area (Å²) in [7, 11) is 1.64. The summed E-state index contributed by atoms with van der Waals surface area (Å²) in [4.78, 5) is 15.2. The van der Waals surface area contributed by atoms with Crippen LogP contribution in [0.4, 0.5) is 8.78 Å². The molecule has 114 valence electrons. The number of nitrogens with one attached hydrogen (secondary N) is 1. The zero-order valence-corrected chi connectivity index (χ0v) is 11.9. The number of aryl methyl sites for hydroxylation is 2. The number of H-pyrrole nitrogens is 1. The van der Waals surface area contributed by atoms with Crippen LogP contribution in [0.5, 0.6) is 5.75 Å². The summed E-state index contributed by atoms with van der Waals surface area (Å²) in [5.74, 6) is -2.22. The summed E-state index contributed by atoms with van der Waals surface area (Å²) >= 11 is 0. The number of rotatable bonds is 2. The lowest BCUT2D eigenvalue weighted by molar-refractivity contribution is 0.470. The smallest absolute Gasteiger partial charge is 0.235 e. The van der Waals surface area contributed by atoms with Gasteiger partial charge in [0, 0.05) is 18.7 Å². The Morgan fingerprint density at radius 3 is 2.73 bits per heavy atom. The zero-order valence-electron chi connectivity index (χ0n) is 11.9. The Balaban J connectivity index is 2.39. The van der Waals surface area contributed by atoms with E-state index in [-0.39, 0.29) is 16.6 Å². The van der Waals surface area contributed by atoms with Crippen molar-refractivity contribution < 1.29 is 13.9 Å². The van der Waals surface area contributed by atoms with Crippen molar-refractivity contribution in [3.05, 3.63) is 45.8 Å². The van der Waals surface area contributed by atoms with Crippen LogP contribution in [-0.4, -0.2) is 19.9 Å². The van der Waals surface area contributed by atoms with E-state index in [1.165, 1.54) is 10.7 Å². The van der Waals surface area contributed by atoms with Crippen molar-refractivity contribution in [2.45, 2.75) is 13.3 Å². The molecule has 0 aliphatic heterocycles. The Hall–Kier alpha value is -2.70. The van der Waals surface area contributed by atoms with E-state index in [0.717, 1.165) is 6.07 Å². The van der Waals surface area contributed by atoms with Crippen molar-refractivity contribution in [3.8, 4) is 17.0 Å². The van der Waals surface area contributed by atoms with E-state index in [4.69, 9.17) is 0 Å². The SMILES string of the molecule is CCc1nn(C)c2[nH]c(-c3ccc(F)cc3F)c(O)c(=O)c12. The molecule has 2 aromatic heterocycles. The lowest BCUT2D eigenvalue weighted by atomic mass is 10.1. The lowest BCUT2D eigenvalue weighted by Crippen LogP contribution is -2.07. The fourth-order valence-electron chi connectivity index (χ4n) is 2.51. The lowest BCUT2D eigenvalue weighted by Gasteiger charge is -2.07. The normalized spacial score (nSPS) is 11.3. The van der Waals surface area contributed by atoms with Crippen LogP contribution in [0, 0.1) is 11.6 Å². The molecular formula is C15H13F2N3O2. The highest BCUT2D eigenvalue weighted by Crippen LogP contribution is 2.29. The van der Waals surface area contributed by atoms with Crippen molar-refractivity contribution in [3.63, 3.8) is 0 Å². The van der Waals surface area contributed by atoms with Gasteiger partial charge in [-0.15, -0.1) is 0 Å². The molecule has 0 aliphatic carbocycles. The number of fused-ring (bicyclic) bond motifs is 1. The van der Waals surface area contributed by atoms with E-state index in [9.17, 15) is 18.7 Å². The largest absolute Gasteiger partial charge is 0.503 e. The first-order valence-electron chi connectivity index (χ1n) is 6.70. The van der Waals surface area contributed by atoms with Crippen molar-refractivity contribution in [2.75, 3.05) is 0 Å². The van der Waals surface area contributed by atoms with Crippen LogP contribution >= 0.6 is 0 Å². The molecular weight excluding hydrogens is 292 g/mol. The third-order valence-corrected chi connectivity index (χ3v) is 3.58. The Bertz CT molecular complexity index is 944. The molecule has 0 saturated carbocycles. The molecule has 5 nitrogen and oxygen atoms in total. The Morgan fingerprint density at radius 2 is 2.09 bits per heavy atom. The molecule has 7 heteroatoms. The average molecular weight is 305 g/mol. The quantitative estimate of drug-likeness (QED) is 0.764. The summed E-state index contributed by atoms with van der Waals surface area (Å²) in [6.07, 6.45) is 0.518. The predicted octanol–water partition coefficient (Wildman–Crippen LogP) is 2.47. The van der Waals surface area contributed by atoms with Gasteiger partial charge in [-0.05, 0) is 18.6 Å². The highest BCUT2D eigenvalue weighted by Gasteiger charge is 2.20. The molecule has 0 atom stereocenters. The number of nitrogens with zero attached hydrogens (tertiary/aromatic N) is 2. The number of benzene rings is 1. The van der Waals surface area contributed by atoms with Gasteiger partial charge < -0.3 is 10.1 Å². The number of hydrogen-bond donors (Lipinski definition) is 2. The second kappa shape index (κ2) is 4.94. The maximum Gasteiger partial charge on any atom is 0.235 e. The highest BCUT2D eigenvalue weighted by atomic mass is 19.1. The molecule has 3 rings (SSSR count). The standard InChI is InChI=1S/C15H13F2N3O2/c1-3-10-11-13(21)14(22)12(18-15(11)20(2)19-10)8-5-4-7(16)6-9(8)17/h4-6,22H,3H2,1-2H3,(H,18,21). The minimum absolute atomic E-state index is 0.0860. The van der Waals surface area contributed by atoms with Gasteiger partial charge in [-0.1, -0.05) is 6.92 Å². The van der Waals surface area contributed by atoms with Crippen molar-refractivity contribution in [1.29, 1.82) is 0 Å². The molecule has 0 amide bonds. The molecule has 0 unspecified atom stereocenters. The topological polar surface area (TPSA) is 70.9 Å². The van der Waals surface area contributed by atoms with Crippen LogP contribution in [0.3, 0.4) is 0 Å². The van der Waals surface area contributed by atoms with Gasteiger partial charge in [0.05, 0.1) is 16.8 Å². The van der Waals surface area contributed by atoms with Crippen LogP contribution < -0.4 is 5.43 Å². The second-order valence-corrected chi connectivity index (χ2v) is 4.95. The first kappa shape index (κ1) is 14.2. The predicted molar refractivity (Wildman–Crippen MR) is 77.7 cm³/mol. The van der Waals surface area contributed by atoms with E-state index < -0.39 is 22.8 Å². The number of aromatic amines is 1. The minimum Gasteiger partial charge on any atom is -0.503 e. The van der Waals surface area contributed by atoms with Crippen LogP contribution in [0.1, 0.15) is 12.6 Å². The van der Waals surface area contributed by atoms with Gasteiger partial charge in [0.15, 0.2) is 5.75 Å². The maximum atomic E-state index is 13.9. The van der Waals surface area contributed by atoms with Gasteiger partial charge in [0.1, 0.15) is 17.3 Å². The number of aromatic hydroxyl groups is 1. The molecule has 1 aromatic carbocycles. The van der Waals surface area contributed by atoms with Gasteiger partial charge in [-0.25, -0.2) is 8.78 Å². The molecule has 22 heavy (non-hydrogen) atoms. The number of aromatic nitrogens is 3. The zero-order chi connectivity index (χ0) is 16.0. The van der Waals surface area contributed by atoms with Crippen LogP contribution in [-0.2, 0) is 13.5 Å². The molecule has 2 heterocycles. The number of hydrogen-bond acceptors (Lipinski definition) is 3. The van der Waals surface area contributed by atoms with Gasteiger partial charge in [-0.3, -0.25) is 9.48 Å². The average Bonchev–Trinajstić information content (AvgIpc) is 2.80. The molecule has 0 radical (unpaired) electrons. The summed E-state index contributed by atoms with van der Waals surface area (Å²) in [5, 5.41) is 14.6. The maximum absolute atomic E-state index is 13.9. The molecule has 3 aromatic rings. The van der Waals surface area contributed by atoms with E-state index in [2.05, 4.69) is 10.1 Å². The van der Waals surface area contributed by atoms with Crippen molar-refractivity contribution in [2.24, 2.45) is 7.05 Å². The summed E-state index contributed by atoms with van der Waals surface area (Å²) < 4.78 is 28.4.